The van der Waals surface area contributed by atoms with Gasteiger partial charge < -0.3 is 19.7 Å². The van der Waals surface area contributed by atoms with Crippen LogP contribution in [-0.4, -0.2) is 75.9 Å². The van der Waals surface area contributed by atoms with E-state index >= 15 is 0 Å². The molecule has 9 heteroatoms. The fourth-order valence-electron chi connectivity index (χ4n) is 3.48. The lowest BCUT2D eigenvalue weighted by Gasteiger charge is -2.30. The van der Waals surface area contributed by atoms with Crippen LogP contribution < -0.4 is 0 Å². The molecule has 0 saturated heterocycles. The Morgan fingerprint density at radius 3 is 2.88 bits per heavy atom. The molecule has 3 aromatic rings. The summed E-state index contributed by atoms with van der Waals surface area (Å²) in [6.45, 7) is 7.98. The van der Waals surface area contributed by atoms with Gasteiger partial charge >= 0.3 is 0 Å². The molecule has 2 aromatic heterocycles. The number of hydrogen-bond donors (Lipinski definition) is 2. The summed E-state index contributed by atoms with van der Waals surface area (Å²) in [6.07, 6.45) is 1.31. The molecule has 0 aliphatic heterocycles. The smallest absolute Gasteiger partial charge is 0.245 e. The van der Waals surface area contributed by atoms with Gasteiger partial charge in [0.05, 0.1) is 12.3 Å². The zero-order valence-electron chi connectivity index (χ0n) is 18.5. The standard InChI is InChI=1S/C23H28FN5O3/c1-5-21(30)28(3)15(2)13-29(9-10-32-4)14-17-11-16-12-20(26-27-23(16)25-17)18-7-6-8-19(24)22(18)31/h5-8,11-12,15,31H,1,9-10,13-14H2,2-4H3,(H,25,27). The predicted molar refractivity (Wildman–Crippen MR) is 121 cm³/mol. The summed E-state index contributed by atoms with van der Waals surface area (Å²) in [7, 11) is 3.40. The Balaban J connectivity index is 1.81. The van der Waals surface area contributed by atoms with Crippen molar-refractivity contribution in [1.82, 2.24) is 25.0 Å². The minimum absolute atomic E-state index is 0.0240. The SMILES string of the molecule is C=CC(=O)N(C)C(C)CN(CCOC)Cc1cc2cc(-c3cccc(F)c3O)nnc2[nH]1. The number of carbonyl (C=O) groups is 1. The molecule has 170 valence electrons. The Morgan fingerprint density at radius 1 is 1.38 bits per heavy atom. The number of halogens is 1. The first-order chi connectivity index (χ1) is 15.3. The summed E-state index contributed by atoms with van der Waals surface area (Å²) in [6, 6.07) is 7.99. The molecule has 2 heterocycles. The number of aromatic amines is 1. The molecule has 3 rings (SSSR count). The molecule has 1 amide bonds. The van der Waals surface area contributed by atoms with Crippen LogP contribution in [0.15, 0.2) is 43.0 Å². The van der Waals surface area contributed by atoms with Gasteiger partial charge in [-0.15, -0.1) is 10.2 Å². The summed E-state index contributed by atoms with van der Waals surface area (Å²) in [4.78, 5) is 19.0. The van der Waals surface area contributed by atoms with Crippen molar-refractivity contribution < 1.29 is 19.0 Å². The Morgan fingerprint density at radius 2 is 2.16 bits per heavy atom. The summed E-state index contributed by atoms with van der Waals surface area (Å²) in [5.74, 6) is -1.28. The van der Waals surface area contributed by atoms with Crippen molar-refractivity contribution in [3.05, 3.63) is 54.5 Å². The zero-order valence-corrected chi connectivity index (χ0v) is 18.5. The molecule has 32 heavy (non-hydrogen) atoms. The van der Waals surface area contributed by atoms with Crippen LogP contribution in [0.4, 0.5) is 4.39 Å². The number of likely N-dealkylation sites (N-methyl/N-ethyl adjacent to an activating group) is 1. The third-order valence-corrected chi connectivity index (χ3v) is 5.41. The van der Waals surface area contributed by atoms with E-state index < -0.39 is 11.6 Å². The zero-order chi connectivity index (χ0) is 23.3. The van der Waals surface area contributed by atoms with E-state index in [0.717, 1.165) is 11.1 Å². The molecule has 1 unspecified atom stereocenters. The lowest BCUT2D eigenvalue weighted by Crippen LogP contribution is -2.43. The van der Waals surface area contributed by atoms with Gasteiger partial charge in [0.2, 0.25) is 5.91 Å². The van der Waals surface area contributed by atoms with E-state index in [1.165, 1.54) is 18.2 Å². The molecule has 0 aliphatic rings. The summed E-state index contributed by atoms with van der Waals surface area (Å²) in [5, 5.41) is 19.1. The van der Waals surface area contributed by atoms with Crippen molar-refractivity contribution >= 4 is 16.9 Å². The molecule has 0 aliphatic carbocycles. The van der Waals surface area contributed by atoms with Crippen LogP contribution in [0.3, 0.4) is 0 Å². The average molecular weight is 442 g/mol. The molecule has 1 aromatic carbocycles. The molecule has 0 bridgehead atoms. The van der Waals surface area contributed by atoms with Gasteiger partial charge in [0.15, 0.2) is 17.2 Å². The maximum Gasteiger partial charge on any atom is 0.245 e. The molecule has 0 radical (unpaired) electrons. The van der Waals surface area contributed by atoms with Gasteiger partial charge in [0.25, 0.3) is 0 Å². The number of H-pyrrole nitrogens is 1. The van der Waals surface area contributed by atoms with Gasteiger partial charge in [-0.05, 0) is 37.3 Å². The largest absolute Gasteiger partial charge is 0.504 e. The number of hydrogen-bond acceptors (Lipinski definition) is 6. The van der Waals surface area contributed by atoms with E-state index in [2.05, 4.69) is 26.7 Å². The summed E-state index contributed by atoms with van der Waals surface area (Å²) in [5.41, 5.74) is 2.18. The number of para-hydroxylation sites is 1. The maximum atomic E-state index is 13.7. The Kier molecular flexibility index (Phi) is 7.55. The van der Waals surface area contributed by atoms with Gasteiger partial charge in [-0.25, -0.2) is 4.39 Å². The van der Waals surface area contributed by atoms with E-state index in [-0.39, 0.29) is 17.5 Å². The van der Waals surface area contributed by atoms with Crippen LogP contribution in [0.2, 0.25) is 0 Å². The van der Waals surface area contributed by atoms with Crippen molar-refractivity contribution in [3.8, 4) is 17.0 Å². The number of methoxy groups -OCH3 is 1. The highest BCUT2D eigenvalue weighted by atomic mass is 19.1. The Hall–Kier alpha value is -3.30. The predicted octanol–water partition coefficient (Wildman–Crippen LogP) is 2.95. The first kappa shape index (κ1) is 23.4. The maximum absolute atomic E-state index is 13.7. The number of ether oxygens (including phenoxy) is 1. The molecule has 0 spiro atoms. The number of phenols is 1. The molecule has 1 atom stereocenters. The van der Waals surface area contributed by atoms with Crippen LogP contribution in [0.5, 0.6) is 5.75 Å². The molecular formula is C23H28FN5O3. The number of carbonyl (C=O) groups excluding carboxylic acids is 1. The van der Waals surface area contributed by atoms with E-state index in [9.17, 15) is 14.3 Å². The lowest BCUT2D eigenvalue weighted by molar-refractivity contribution is -0.126. The first-order valence-electron chi connectivity index (χ1n) is 10.3. The van der Waals surface area contributed by atoms with E-state index in [1.54, 1.807) is 31.2 Å². The number of amides is 1. The fraction of sp³-hybridized carbons (Fsp3) is 0.348. The average Bonchev–Trinajstić information content (AvgIpc) is 3.19. The second kappa shape index (κ2) is 10.3. The van der Waals surface area contributed by atoms with Crippen molar-refractivity contribution in [2.24, 2.45) is 0 Å². The third-order valence-electron chi connectivity index (χ3n) is 5.41. The van der Waals surface area contributed by atoms with Crippen molar-refractivity contribution in [2.45, 2.75) is 19.5 Å². The number of phenolic OH excluding ortho intramolecular Hbond substituents is 1. The second-order valence-electron chi connectivity index (χ2n) is 7.69. The topological polar surface area (TPSA) is 94.6 Å². The van der Waals surface area contributed by atoms with Crippen LogP contribution in [0, 0.1) is 5.82 Å². The number of nitrogens with one attached hydrogen (secondary N) is 1. The van der Waals surface area contributed by atoms with Gasteiger partial charge in [0, 0.05) is 56.5 Å². The van der Waals surface area contributed by atoms with Crippen LogP contribution in [0.1, 0.15) is 12.6 Å². The molecular weight excluding hydrogens is 413 g/mol. The summed E-state index contributed by atoms with van der Waals surface area (Å²) >= 11 is 0. The van der Waals surface area contributed by atoms with Crippen molar-refractivity contribution in [3.63, 3.8) is 0 Å². The quantitative estimate of drug-likeness (QED) is 0.470. The third kappa shape index (κ3) is 5.30. The minimum Gasteiger partial charge on any atom is -0.504 e. The van der Waals surface area contributed by atoms with E-state index in [4.69, 9.17) is 4.74 Å². The first-order valence-corrected chi connectivity index (χ1v) is 10.3. The van der Waals surface area contributed by atoms with Gasteiger partial charge in [0.1, 0.15) is 0 Å². The number of aromatic nitrogens is 3. The normalized spacial score (nSPS) is 12.3. The summed E-state index contributed by atoms with van der Waals surface area (Å²) < 4.78 is 19.0. The van der Waals surface area contributed by atoms with Crippen LogP contribution in [-0.2, 0) is 16.1 Å². The number of nitrogens with zero attached hydrogens (tertiary/aromatic N) is 4. The lowest BCUT2D eigenvalue weighted by atomic mass is 10.1. The molecule has 0 fully saturated rings. The molecule has 2 N–H and O–H groups in total. The number of rotatable bonds is 10. The van der Waals surface area contributed by atoms with Crippen molar-refractivity contribution in [1.29, 1.82) is 0 Å². The second-order valence-corrected chi connectivity index (χ2v) is 7.69. The Labute approximate surface area is 186 Å². The van der Waals surface area contributed by atoms with E-state index in [1.807, 2.05) is 13.0 Å². The monoisotopic (exact) mass is 441 g/mol. The van der Waals surface area contributed by atoms with Gasteiger partial charge in [-0.2, -0.15) is 0 Å². The van der Waals surface area contributed by atoms with Gasteiger partial charge in [-0.1, -0.05) is 12.6 Å². The van der Waals surface area contributed by atoms with Crippen LogP contribution >= 0.6 is 0 Å². The number of fused-ring (bicyclic) bond motifs is 1. The van der Waals surface area contributed by atoms with Crippen LogP contribution in [0.25, 0.3) is 22.3 Å². The number of aromatic hydroxyl groups is 1. The van der Waals surface area contributed by atoms with Crippen molar-refractivity contribution in [2.75, 3.05) is 33.9 Å². The highest BCUT2D eigenvalue weighted by Crippen LogP contribution is 2.31. The molecule has 0 saturated carbocycles. The molecule has 8 nitrogen and oxygen atoms in total. The van der Waals surface area contributed by atoms with Gasteiger partial charge in [-0.3, -0.25) is 9.69 Å². The highest BCUT2D eigenvalue weighted by Gasteiger charge is 2.18. The minimum atomic E-state index is -0.707. The Bertz CT molecular complexity index is 1100. The highest BCUT2D eigenvalue weighted by molar-refractivity contribution is 5.87. The number of benzene rings is 1. The fourth-order valence-corrected chi connectivity index (χ4v) is 3.48. The van der Waals surface area contributed by atoms with E-state index in [0.29, 0.717) is 37.6 Å².